The maximum absolute atomic E-state index is 12.5. The Kier molecular flexibility index (Phi) is 3.31. The molecule has 1 N–H and O–H groups in total. The Morgan fingerprint density at radius 3 is 3.00 bits per heavy atom. The van der Waals surface area contributed by atoms with E-state index in [1.54, 1.807) is 0 Å². The minimum Gasteiger partial charge on any atom is -0.350 e. The van der Waals surface area contributed by atoms with Crippen LogP contribution in [0.5, 0.6) is 0 Å². The van der Waals surface area contributed by atoms with Gasteiger partial charge in [-0.2, -0.15) is 0 Å². The molecule has 2 aliphatic rings. The lowest BCUT2D eigenvalue weighted by Gasteiger charge is -2.23. The standard InChI is InChI=1S/C16H21NO2/c1-2-3-4-7-12-10-11-16(19-12)15(18)13-8-5-6-9-14(13)17-16/h5-6,8-9,12,17H,2-4,7,10-11H2,1H3. The Morgan fingerprint density at radius 1 is 1.37 bits per heavy atom. The third kappa shape index (κ3) is 2.16. The van der Waals surface area contributed by atoms with Gasteiger partial charge in [-0.15, -0.1) is 0 Å². The minimum atomic E-state index is -0.763. The molecule has 0 aromatic heterocycles. The molecule has 3 heteroatoms. The van der Waals surface area contributed by atoms with Gasteiger partial charge in [0.2, 0.25) is 11.5 Å². The maximum Gasteiger partial charge on any atom is 0.217 e. The van der Waals surface area contributed by atoms with E-state index >= 15 is 0 Å². The number of nitrogens with one attached hydrogen (secondary N) is 1. The van der Waals surface area contributed by atoms with E-state index < -0.39 is 5.72 Å². The zero-order chi connectivity index (χ0) is 13.3. The van der Waals surface area contributed by atoms with Gasteiger partial charge >= 0.3 is 0 Å². The molecule has 0 aliphatic carbocycles. The van der Waals surface area contributed by atoms with Crippen molar-refractivity contribution in [3.05, 3.63) is 29.8 Å². The highest BCUT2D eigenvalue weighted by Crippen LogP contribution is 2.42. The van der Waals surface area contributed by atoms with Crippen molar-refractivity contribution in [2.45, 2.75) is 57.3 Å². The lowest BCUT2D eigenvalue weighted by atomic mass is 10.0. The molecule has 0 amide bonds. The molecule has 3 nitrogen and oxygen atoms in total. The fourth-order valence-corrected chi connectivity index (χ4v) is 3.13. The maximum atomic E-state index is 12.5. The van der Waals surface area contributed by atoms with Gasteiger partial charge in [0.05, 0.1) is 6.10 Å². The van der Waals surface area contributed by atoms with Gasteiger partial charge < -0.3 is 10.1 Å². The number of anilines is 1. The molecule has 1 saturated heterocycles. The number of fused-ring (bicyclic) bond motifs is 1. The summed E-state index contributed by atoms with van der Waals surface area (Å²) in [7, 11) is 0. The summed E-state index contributed by atoms with van der Waals surface area (Å²) >= 11 is 0. The van der Waals surface area contributed by atoms with E-state index in [0.717, 1.165) is 30.5 Å². The smallest absolute Gasteiger partial charge is 0.217 e. The molecule has 1 aromatic carbocycles. The third-order valence-electron chi connectivity index (χ3n) is 4.19. The molecule has 2 aliphatic heterocycles. The lowest BCUT2D eigenvalue weighted by molar-refractivity contribution is -0.00897. The molecule has 1 spiro atoms. The summed E-state index contributed by atoms with van der Waals surface area (Å²) in [5.41, 5.74) is 0.930. The zero-order valence-corrected chi connectivity index (χ0v) is 11.4. The number of para-hydroxylation sites is 1. The fourth-order valence-electron chi connectivity index (χ4n) is 3.13. The van der Waals surface area contributed by atoms with Crippen LogP contribution in [0.3, 0.4) is 0 Å². The number of benzene rings is 1. The molecule has 1 aromatic rings. The average molecular weight is 259 g/mol. The zero-order valence-electron chi connectivity index (χ0n) is 11.4. The molecule has 102 valence electrons. The molecule has 3 rings (SSSR count). The molecule has 2 heterocycles. The van der Waals surface area contributed by atoms with Crippen molar-refractivity contribution in [2.75, 3.05) is 5.32 Å². The van der Waals surface area contributed by atoms with E-state index in [4.69, 9.17) is 4.74 Å². The normalized spacial score (nSPS) is 28.7. The first-order chi connectivity index (χ1) is 9.25. The Labute approximate surface area is 114 Å². The molecule has 0 radical (unpaired) electrons. The van der Waals surface area contributed by atoms with Crippen LogP contribution < -0.4 is 5.32 Å². The molecular weight excluding hydrogens is 238 g/mol. The van der Waals surface area contributed by atoms with Crippen molar-refractivity contribution in [3.8, 4) is 0 Å². The van der Waals surface area contributed by atoms with E-state index in [9.17, 15) is 4.79 Å². The molecule has 0 saturated carbocycles. The molecule has 19 heavy (non-hydrogen) atoms. The monoisotopic (exact) mass is 259 g/mol. The lowest BCUT2D eigenvalue weighted by Crippen LogP contribution is -2.41. The van der Waals surface area contributed by atoms with E-state index in [1.165, 1.54) is 19.3 Å². The number of Topliss-reactive ketones (excluding diaryl/α,β-unsaturated/α-hetero) is 1. The van der Waals surface area contributed by atoms with Crippen LogP contribution in [0.15, 0.2) is 24.3 Å². The topological polar surface area (TPSA) is 38.3 Å². The van der Waals surface area contributed by atoms with Crippen LogP contribution in [0, 0.1) is 0 Å². The van der Waals surface area contributed by atoms with E-state index in [2.05, 4.69) is 12.2 Å². The number of hydrogen-bond acceptors (Lipinski definition) is 3. The predicted molar refractivity (Wildman–Crippen MR) is 75.4 cm³/mol. The van der Waals surface area contributed by atoms with Gasteiger partial charge in [0.15, 0.2) is 0 Å². The van der Waals surface area contributed by atoms with Crippen molar-refractivity contribution in [3.63, 3.8) is 0 Å². The summed E-state index contributed by atoms with van der Waals surface area (Å²) in [5, 5.41) is 3.31. The van der Waals surface area contributed by atoms with E-state index in [-0.39, 0.29) is 11.9 Å². The number of ketones is 1. The second-order valence-corrected chi connectivity index (χ2v) is 5.60. The van der Waals surface area contributed by atoms with Crippen molar-refractivity contribution in [2.24, 2.45) is 0 Å². The van der Waals surface area contributed by atoms with Crippen LogP contribution in [0.1, 0.15) is 55.8 Å². The minimum absolute atomic E-state index is 0.112. The first kappa shape index (κ1) is 12.7. The Balaban J connectivity index is 1.69. The van der Waals surface area contributed by atoms with Gasteiger partial charge in [-0.05, 0) is 25.0 Å². The molecule has 2 unspecified atom stereocenters. The molecule has 0 bridgehead atoms. The Bertz CT molecular complexity index is 485. The van der Waals surface area contributed by atoms with Gasteiger partial charge in [0.25, 0.3) is 0 Å². The van der Waals surface area contributed by atoms with Crippen molar-refractivity contribution < 1.29 is 9.53 Å². The van der Waals surface area contributed by atoms with Crippen LogP contribution in [-0.4, -0.2) is 17.6 Å². The van der Waals surface area contributed by atoms with Gasteiger partial charge in [0.1, 0.15) is 0 Å². The van der Waals surface area contributed by atoms with Crippen LogP contribution in [0.4, 0.5) is 5.69 Å². The summed E-state index contributed by atoms with van der Waals surface area (Å²) in [6, 6.07) is 7.69. The van der Waals surface area contributed by atoms with E-state index in [0.29, 0.717) is 0 Å². The molecular formula is C16H21NO2. The van der Waals surface area contributed by atoms with Crippen molar-refractivity contribution >= 4 is 11.5 Å². The quantitative estimate of drug-likeness (QED) is 0.837. The number of carbonyl (C=O) groups excluding carboxylic acids is 1. The van der Waals surface area contributed by atoms with Gasteiger partial charge in [-0.1, -0.05) is 38.3 Å². The summed E-state index contributed by atoms with van der Waals surface area (Å²) in [4.78, 5) is 12.5. The van der Waals surface area contributed by atoms with Crippen LogP contribution >= 0.6 is 0 Å². The van der Waals surface area contributed by atoms with Gasteiger partial charge in [0, 0.05) is 17.7 Å². The van der Waals surface area contributed by atoms with E-state index in [1.807, 2.05) is 24.3 Å². The van der Waals surface area contributed by atoms with Crippen molar-refractivity contribution in [1.82, 2.24) is 0 Å². The summed E-state index contributed by atoms with van der Waals surface area (Å²) < 4.78 is 6.09. The first-order valence-electron chi connectivity index (χ1n) is 7.35. The number of ether oxygens (including phenoxy) is 1. The van der Waals surface area contributed by atoms with Crippen molar-refractivity contribution in [1.29, 1.82) is 0 Å². The summed E-state index contributed by atoms with van der Waals surface area (Å²) in [6.07, 6.45) is 6.74. The Morgan fingerprint density at radius 2 is 2.21 bits per heavy atom. The predicted octanol–water partition coefficient (Wildman–Crippen LogP) is 3.75. The van der Waals surface area contributed by atoms with Gasteiger partial charge in [-0.3, -0.25) is 4.79 Å². The number of hydrogen-bond donors (Lipinski definition) is 1. The van der Waals surface area contributed by atoms with Crippen LogP contribution in [0.2, 0.25) is 0 Å². The summed E-state index contributed by atoms with van der Waals surface area (Å²) in [6.45, 7) is 2.20. The largest absolute Gasteiger partial charge is 0.350 e. The Hall–Kier alpha value is -1.35. The van der Waals surface area contributed by atoms with Crippen LogP contribution in [-0.2, 0) is 4.74 Å². The molecule has 1 fully saturated rings. The average Bonchev–Trinajstić information content (AvgIpc) is 2.95. The van der Waals surface area contributed by atoms with Crippen LogP contribution in [0.25, 0.3) is 0 Å². The number of rotatable bonds is 4. The first-order valence-corrected chi connectivity index (χ1v) is 7.35. The highest BCUT2D eigenvalue weighted by molar-refractivity contribution is 6.12. The fraction of sp³-hybridized carbons (Fsp3) is 0.562. The highest BCUT2D eigenvalue weighted by atomic mass is 16.5. The summed E-state index contributed by atoms with van der Waals surface area (Å²) in [5.74, 6) is 0.112. The number of carbonyl (C=O) groups is 1. The SMILES string of the molecule is CCCCCC1CCC2(Nc3ccccc3C2=O)O1. The second kappa shape index (κ2) is 4.97. The van der Waals surface area contributed by atoms with Gasteiger partial charge in [-0.25, -0.2) is 0 Å². The third-order valence-corrected chi connectivity index (χ3v) is 4.19. The second-order valence-electron chi connectivity index (χ2n) is 5.60. The molecule has 2 atom stereocenters. The number of unbranched alkanes of at least 4 members (excludes halogenated alkanes) is 2. The highest BCUT2D eigenvalue weighted by Gasteiger charge is 2.51.